The van der Waals surface area contributed by atoms with Crippen LogP contribution < -0.4 is 5.73 Å². The molecule has 1 heterocycles. The SMILES string of the molecule is CCC(CC)c1c(CN)nnn1-c1ccc(C)cc1C. The minimum Gasteiger partial charge on any atom is -0.325 e. The molecule has 1 aromatic heterocycles. The first-order valence-corrected chi connectivity index (χ1v) is 7.34. The average Bonchev–Trinajstić information content (AvgIpc) is 2.84. The van der Waals surface area contributed by atoms with Crippen molar-refractivity contribution in [2.45, 2.75) is 53.0 Å². The van der Waals surface area contributed by atoms with Gasteiger partial charge in [0, 0.05) is 12.5 Å². The van der Waals surface area contributed by atoms with Gasteiger partial charge in [-0.15, -0.1) is 5.10 Å². The first-order valence-electron chi connectivity index (χ1n) is 7.34. The van der Waals surface area contributed by atoms with E-state index in [4.69, 9.17) is 5.73 Å². The van der Waals surface area contributed by atoms with E-state index in [-0.39, 0.29) is 0 Å². The summed E-state index contributed by atoms with van der Waals surface area (Å²) in [4.78, 5) is 0. The summed E-state index contributed by atoms with van der Waals surface area (Å²) >= 11 is 0. The van der Waals surface area contributed by atoms with Gasteiger partial charge in [-0.05, 0) is 38.3 Å². The molecule has 0 saturated heterocycles. The number of nitrogens with two attached hydrogens (primary N) is 1. The van der Waals surface area contributed by atoms with Crippen LogP contribution in [0.5, 0.6) is 0 Å². The minimum atomic E-state index is 0.441. The van der Waals surface area contributed by atoms with E-state index in [0.717, 1.165) is 24.2 Å². The Labute approximate surface area is 121 Å². The summed E-state index contributed by atoms with van der Waals surface area (Å²) in [6.07, 6.45) is 2.14. The lowest BCUT2D eigenvalue weighted by Gasteiger charge is -2.17. The van der Waals surface area contributed by atoms with Crippen molar-refractivity contribution in [1.82, 2.24) is 15.0 Å². The highest BCUT2D eigenvalue weighted by Gasteiger charge is 2.20. The Bertz CT molecular complexity index is 582. The van der Waals surface area contributed by atoms with Crippen molar-refractivity contribution in [2.24, 2.45) is 5.73 Å². The lowest BCUT2D eigenvalue weighted by Crippen LogP contribution is -2.11. The second-order valence-electron chi connectivity index (χ2n) is 5.34. The Balaban J connectivity index is 2.59. The van der Waals surface area contributed by atoms with Crippen LogP contribution in [0.4, 0.5) is 0 Å². The molecule has 2 rings (SSSR count). The Kier molecular flexibility index (Phi) is 4.55. The molecule has 0 bridgehead atoms. The van der Waals surface area contributed by atoms with Gasteiger partial charge in [0.15, 0.2) is 0 Å². The summed E-state index contributed by atoms with van der Waals surface area (Å²) < 4.78 is 1.98. The van der Waals surface area contributed by atoms with Gasteiger partial charge in [0.1, 0.15) is 5.69 Å². The zero-order valence-corrected chi connectivity index (χ0v) is 12.8. The lowest BCUT2D eigenvalue weighted by molar-refractivity contribution is 0.590. The van der Waals surface area contributed by atoms with Crippen molar-refractivity contribution >= 4 is 0 Å². The van der Waals surface area contributed by atoms with E-state index in [1.807, 2.05) is 4.68 Å². The number of nitrogens with zero attached hydrogens (tertiary/aromatic N) is 3. The van der Waals surface area contributed by atoms with Crippen LogP contribution in [0.2, 0.25) is 0 Å². The molecule has 0 radical (unpaired) electrons. The van der Waals surface area contributed by atoms with Gasteiger partial charge in [-0.25, -0.2) is 4.68 Å². The van der Waals surface area contributed by atoms with Gasteiger partial charge in [-0.2, -0.15) is 0 Å². The number of aromatic nitrogens is 3. The standard InChI is InChI=1S/C16H24N4/c1-5-13(6-2)16-14(10-17)18-19-20(16)15-8-7-11(3)9-12(15)4/h7-9,13H,5-6,10,17H2,1-4H3. The maximum absolute atomic E-state index is 5.84. The van der Waals surface area contributed by atoms with Crippen molar-refractivity contribution in [3.63, 3.8) is 0 Å². The number of hydrogen-bond acceptors (Lipinski definition) is 3. The van der Waals surface area contributed by atoms with Gasteiger partial charge in [-0.1, -0.05) is 36.8 Å². The van der Waals surface area contributed by atoms with Crippen LogP contribution in [0.1, 0.15) is 55.1 Å². The smallest absolute Gasteiger partial charge is 0.100 e. The molecular formula is C16H24N4. The van der Waals surface area contributed by atoms with E-state index in [9.17, 15) is 0 Å². The predicted octanol–water partition coefficient (Wildman–Crippen LogP) is 3.25. The zero-order valence-electron chi connectivity index (χ0n) is 12.8. The van der Waals surface area contributed by atoms with Crippen LogP contribution in [0.3, 0.4) is 0 Å². The summed E-state index contributed by atoms with van der Waals surface area (Å²) in [7, 11) is 0. The molecule has 1 aromatic carbocycles. The van der Waals surface area contributed by atoms with Gasteiger partial charge in [-0.3, -0.25) is 0 Å². The summed E-state index contributed by atoms with van der Waals surface area (Å²) in [5.74, 6) is 0.448. The average molecular weight is 272 g/mol. The van der Waals surface area contributed by atoms with Gasteiger partial charge < -0.3 is 5.73 Å². The van der Waals surface area contributed by atoms with Crippen LogP contribution in [0.25, 0.3) is 5.69 Å². The van der Waals surface area contributed by atoms with Crippen LogP contribution in [-0.4, -0.2) is 15.0 Å². The van der Waals surface area contributed by atoms with Gasteiger partial charge in [0.2, 0.25) is 0 Å². The number of aryl methyl sites for hydroxylation is 2. The predicted molar refractivity (Wildman–Crippen MR) is 82.0 cm³/mol. The monoisotopic (exact) mass is 272 g/mol. The van der Waals surface area contributed by atoms with Crippen LogP contribution >= 0.6 is 0 Å². The first kappa shape index (κ1) is 14.7. The maximum atomic E-state index is 5.84. The second kappa shape index (κ2) is 6.18. The highest BCUT2D eigenvalue weighted by Crippen LogP contribution is 2.28. The molecule has 0 amide bonds. The van der Waals surface area contributed by atoms with E-state index in [2.05, 4.69) is 56.2 Å². The van der Waals surface area contributed by atoms with Gasteiger partial charge >= 0.3 is 0 Å². The lowest BCUT2D eigenvalue weighted by atomic mass is 9.97. The Hall–Kier alpha value is -1.68. The highest BCUT2D eigenvalue weighted by atomic mass is 15.4. The van der Waals surface area contributed by atoms with Crippen molar-refractivity contribution in [3.05, 3.63) is 40.7 Å². The fourth-order valence-electron chi connectivity index (χ4n) is 2.77. The molecule has 4 nitrogen and oxygen atoms in total. The summed E-state index contributed by atoms with van der Waals surface area (Å²) in [5.41, 5.74) is 11.5. The molecule has 0 aliphatic carbocycles. The third-order valence-electron chi connectivity index (χ3n) is 3.92. The van der Waals surface area contributed by atoms with E-state index in [1.54, 1.807) is 0 Å². The normalized spacial score (nSPS) is 11.3. The molecule has 20 heavy (non-hydrogen) atoms. The van der Waals surface area contributed by atoms with Crippen molar-refractivity contribution in [1.29, 1.82) is 0 Å². The quantitative estimate of drug-likeness (QED) is 0.909. The molecule has 0 fully saturated rings. The zero-order chi connectivity index (χ0) is 14.7. The van der Waals surface area contributed by atoms with E-state index < -0.39 is 0 Å². The third-order valence-corrected chi connectivity index (χ3v) is 3.92. The third kappa shape index (κ3) is 2.61. The summed E-state index contributed by atoms with van der Waals surface area (Å²) in [6, 6.07) is 6.41. The number of rotatable bonds is 5. The van der Waals surface area contributed by atoms with E-state index >= 15 is 0 Å². The summed E-state index contributed by atoms with van der Waals surface area (Å²) in [6.45, 7) is 9.06. The van der Waals surface area contributed by atoms with Gasteiger partial charge in [0.05, 0.1) is 11.4 Å². The molecule has 4 heteroatoms. The highest BCUT2D eigenvalue weighted by molar-refractivity contribution is 5.43. The van der Waals surface area contributed by atoms with Gasteiger partial charge in [0.25, 0.3) is 0 Å². The Morgan fingerprint density at radius 2 is 1.90 bits per heavy atom. The first-order chi connectivity index (χ1) is 9.62. The van der Waals surface area contributed by atoms with Crippen molar-refractivity contribution in [2.75, 3.05) is 0 Å². The molecule has 0 unspecified atom stereocenters. The second-order valence-corrected chi connectivity index (χ2v) is 5.34. The topological polar surface area (TPSA) is 56.7 Å². The molecule has 0 saturated carbocycles. The van der Waals surface area contributed by atoms with Crippen LogP contribution in [0, 0.1) is 13.8 Å². The molecule has 0 aliphatic rings. The molecule has 0 aliphatic heterocycles. The molecule has 0 atom stereocenters. The Morgan fingerprint density at radius 3 is 2.45 bits per heavy atom. The fourth-order valence-corrected chi connectivity index (χ4v) is 2.77. The number of benzene rings is 1. The Morgan fingerprint density at radius 1 is 1.20 bits per heavy atom. The fraction of sp³-hybridized carbons (Fsp3) is 0.500. The molecule has 2 aromatic rings. The van der Waals surface area contributed by atoms with Crippen molar-refractivity contribution in [3.8, 4) is 5.69 Å². The van der Waals surface area contributed by atoms with Crippen LogP contribution in [0.15, 0.2) is 18.2 Å². The van der Waals surface area contributed by atoms with Crippen LogP contribution in [-0.2, 0) is 6.54 Å². The molecule has 108 valence electrons. The molecular weight excluding hydrogens is 248 g/mol. The number of hydrogen-bond donors (Lipinski definition) is 1. The van der Waals surface area contributed by atoms with E-state index in [0.29, 0.717) is 12.5 Å². The van der Waals surface area contributed by atoms with E-state index in [1.165, 1.54) is 16.8 Å². The largest absolute Gasteiger partial charge is 0.325 e. The molecule has 0 spiro atoms. The maximum Gasteiger partial charge on any atom is 0.100 e. The minimum absolute atomic E-state index is 0.441. The molecule has 2 N–H and O–H groups in total. The summed E-state index contributed by atoms with van der Waals surface area (Å²) in [5, 5.41) is 8.63. The van der Waals surface area contributed by atoms with Crippen molar-refractivity contribution < 1.29 is 0 Å².